The summed E-state index contributed by atoms with van der Waals surface area (Å²) in [6, 6.07) is 3.42. The Morgan fingerprint density at radius 1 is 1.26 bits per heavy atom. The van der Waals surface area contributed by atoms with E-state index >= 15 is 0 Å². The largest absolute Gasteiger partial charge is 0.340 e. The molecular formula is C20H25N5O2. The quantitative estimate of drug-likeness (QED) is 0.756. The van der Waals surface area contributed by atoms with Gasteiger partial charge in [-0.15, -0.1) is 0 Å². The van der Waals surface area contributed by atoms with Gasteiger partial charge in [0.2, 0.25) is 5.89 Å². The van der Waals surface area contributed by atoms with Crippen molar-refractivity contribution < 1.29 is 9.32 Å². The van der Waals surface area contributed by atoms with Gasteiger partial charge >= 0.3 is 0 Å². The van der Waals surface area contributed by atoms with Gasteiger partial charge in [0.25, 0.3) is 5.91 Å². The summed E-state index contributed by atoms with van der Waals surface area (Å²) in [7, 11) is 0. The lowest BCUT2D eigenvalue weighted by Gasteiger charge is -2.17. The molecule has 142 valence electrons. The second-order valence-electron chi connectivity index (χ2n) is 7.48. The molecule has 1 atom stereocenters. The van der Waals surface area contributed by atoms with Crippen molar-refractivity contribution in [3.63, 3.8) is 0 Å². The Bertz CT molecular complexity index is 968. The Morgan fingerprint density at radius 3 is 2.81 bits per heavy atom. The summed E-state index contributed by atoms with van der Waals surface area (Å²) in [5.41, 5.74) is 3.12. The zero-order valence-electron chi connectivity index (χ0n) is 16.0. The van der Waals surface area contributed by atoms with Crippen LogP contribution in [0.25, 0.3) is 5.65 Å². The highest BCUT2D eigenvalue weighted by atomic mass is 16.5. The van der Waals surface area contributed by atoms with Gasteiger partial charge in [0.1, 0.15) is 11.7 Å². The molecule has 0 saturated heterocycles. The molecule has 0 aromatic carbocycles. The molecule has 7 nitrogen and oxygen atoms in total. The zero-order chi connectivity index (χ0) is 19.0. The molecule has 0 spiro atoms. The summed E-state index contributed by atoms with van der Waals surface area (Å²) in [4.78, 5) is 21.8. The third-order valence-corrected chi connectivity index (χ3v) is 5.33. The second-order valence-corrected chi connectivity index (χ2v) is 7.48. The van der Waals surface area contributed by atoms with E-state index in [9.17, 15) is 4.79 Å². The molecule has 1 amide bonds. The number of carbonyl (C=O) groups excluding carboxylic acids is 1. The summed E-state index contributed by atoms with van der Waals surface area (Å²) in [6.45, 7) is 5.78. The highest BCUT2D eigenvalue weighted by molar-refractivity contribution is 6.00. The molecule has 0 aliphatic heterocycles. The molecule has 0 bridgehead atoms. The molecule has 1 fully saturated rings. The van der Waals surface area contributed by atoms with Crippen molar-refractivity contribution in [2.24, 2.45) is 0 Å². The number of hydrogen-bond acceptors (Lipinski definition) is 5. The number of carbonyl (C=O) groups is 1. The molecular weight excluding hydrogens is 342 g/mol. The standard InChI is InChI=1S/C20H25N5O2/c1-12-11-13(2)25-10-9-16(18(25)21-12)19(26)22-14(3)20-23-17(24-27-20)15-7-5-4-6-8-15/h9-11,14-15H,4-8H2,1-3H3,(H,22,26). The molecule has 27 heavy (non-hydrogen) atoms. The van der Waals surface area contributed by atoms with Gasteiger partial charge in [-0.3, -0.25) is 4.79 Å². The van der Waals surface area contributed by atoms with Crippen LogP contribution >= 0.6 is 0 Å². The number of fused-ring (bicyclic) bond motifs is 1. The van der Waals surface area contributed by atoms with Gasteiger partial charge < -0.3 is 14.2 Å². The van der Waals surface area contributed by atoms with Crippen molar-refractivity contribution in [2.75, 3.05) is 0 Å². The van der Waals surface area contributed by atoms with Crippen LogP contribution in [0, 0.1) is 13.8 Å². The molecule has 1 saturated carbocycles. The average Bonchev–Trinajstić information content (AvgIpc) is 3.30. The van der Waals surface area contributed by atoms with Crippen molar-refractivity contribution >= 4 is 11.6 Å². The maximum Gasteiger partial charge on any atom is 0.255 e. The second kappa shape index (κ2) is 7.13. The number of hydrogen-bond donors (Lipinski definition) is 1. The Kier molecular flexibility index (Phi) is 4.68. The fourth-order valence-corrected chi connectivity index (χ4v) is 3.86. The fourth-order valence-electron chi connectivity index (χ4n) is 3.86. The Hall–Kier alpha value is -2.70. The van der Waals surface area contributed by atoms with Crippen LogP contribution in [0.4, 0.5) is 0 Å². The summed E-state index contributed by atoms with van der Waals surface area (Å²) in [5.74, 6) is 1.41. The minimum atomic E-state index is -0.358. The van der Waals surface area contributed by atoms with E-state index < -0.39 is 0 Å². The van der Waals surface area contributed by atoms with Crippen LogP contribution in [0.3, 0.4) is 0 Å². The van der Waals surface area contributed by atoms with Gasteiger partial charge in [0.05, 0.1) is 5.56 Å². The van der Waals surface area contributed by atoms with E-state index in [1.807, 2.05) is 37.4 Å². The van der Waals surface area contributed by atoms with Crippen molar-refractivity contribution in [2.45, 2.75) is 64.8 Å². The van der Waals surface area contributed by atoms with Crippen LogP contribution in [-0.4, -0.2) is 25.4 Å². The van der Waals surface area contributed by atoms with E-state index in [1.54, 1.807) is 6.07 Å². The number of aryl methyl sites for hydroxylation is 2. The Morgan fingerprint density at radius 2 is 2.04 bits per heavy atom. The SMILES string of the molecule is Cc1cc(C)n2ccc(C(=O)NC(C)c3nc(C4CCCCC4)no3)c2n1. The zero-order valence-corrected chi connectivity index (χ0v) is 16.0. The lowest BCUT2D eigenvalue weighted by Crippen LogP contribution is -2.27. The maximum atomic E-state index is 12.8. The molecule has 1 aliphatic carbocycles. The fraction of sp³-hybridized carbons (Fsp3) is 0.500. The Balaban J connectivity index is 1.51. The van der Waals surface area contributed by atoms with Gasteiger partial charge in [-0.05, 0) is 45.7 Å². The smallest absolute Gasteiger partial charge is 0.255 e. The molecule has 3 aromatic heterocycles. The van der Waals surface area contributed by atoms with Crippen molar-refractivity contribution in [3.8, 4) is 0 Å². The van der Waals surface area contributed by atoms with Gasteiger partial charge in [0, 0.05) is 23.5 Å². The summed E-state index contributed by atoms with van der Waals surface area (Å²) in [6.07, 6.45) is 7.81. The number of aromatic nitrogens is 4. The first kappa shape index (κ1) is 17.7. The predicted molar refractivity (Wildman–Crippen MR) is 101 cm³/mol. The van der Waals surface area contributed by atoms with Crippen LogP contribution in [0.2, 0.25) is 0 Å². The first-order chi connectivity index (χ1) is 13.0. The summed E-state index contributed by atoms with van der Waals surface area (Å²) < 4.78 is 7.34. The lowest BCUT2D eigenvalue weighted by molar-refractivity contribution is 0.0934. The van der Waals surface area contributed by atoms with E-state index in [4.69, 9.17) is 4.52 Å². The van der Waals surface area contributed by atoms with Crippen LogP contribution in [0.15, 0.2) is 22.9 Å². The number of nitrogens with one attached hydrogen (secondary N) is 1. The van der Waals surface area contributed by atoms with Gasteiger partial charge in [-0.25, -0.2) is 4.98 Å². The van der Waals surface area contributed by atoms with Gasteiger partial charge in [0.15, 0.2) is 5.82 Å². The number of nitrogens with zero attached hydrogens (tertiary/aromatic N) is 4. The van der Waals surface area contributed by atoms with Crippen molar-refractivity contribution in [3.05, 3.63) is 47.0 Å². The molecule has 1 N–H and O–H groups in total. The minimum absolute atomic E-state index is 0.195. The highest BCUT2D eigenvalue weighted by Gasteiger charge is 2.24. The summed E-state index contributed by atoms with van der Waals surface area (Å²) >= 11 is 0. The monoisotopic (exact) mass is 367 g/mol. The van der Waals surface area contributed by atoms with Crippen molar-refractivity contribution in [1.82, 2.24) is 24.8 Å². The normalized spacial score (nSPS) is 16.6. The van der Waals surface area contributed by atoms with E-state index in [2.05, 4.69) is 20.4 Å². The van der Waals surface area contributed by atoms with Gasteiger partial charge in [-0.2, -0.15) is 4.98 Å². The molecule has 1 unspecified atom stereocenters. The molecule has 0 radical (unpaired) electrons. The Labute approximate surface area is 158 Å². The number of rotatable bonds is 4. The van der Waals surface area contributed by atoms with E-state index in [1.165, 1.54) is 19.3 Å². The minimum Gasteiger partial charge on any atom is -0.340 e. The van der Waals surface area contributed by atoms with Crippen LogP contribution in [-0.2, 0) is 0 Å². The third-order valence-electron chi connectivity index (χ3n) is 5.33. The molecule has 3 aromatic rings. The third kappa shape index (κ3) is 3.46. The molecule has 4 rings (SSSR count). The summed E-state index contributed by atoms with van der Waals surface area (Å²) in [5, 5.41) is 7.11. The average molecular weight is 367 g/mol. The van der Waals surface area contributed by atoms with E-state index in [-0.39, 0.29) is 11.9 Å². The van der Waals surface area contributed by atoms with Crippen LogP contribution < -0.4 is 5.32 Å². The lowest BCUT2D eigenvalue weighted by atomic mass is 9.89. The molecule has 3 heterocycles. The van der Waals surface area contributed by atoms with Crippen LogP contribution in [0.1, 0.15) is 84.4 Å². The molecule has 1 aliphatic rings. The van der Waals surface area contributed by atoms with E-state index in [0.717, 1.165) is 30.1 Å². The van der Waals surface area contributed by atoms with Crippen LogP contribution in [0.5, 0.6) is 0 Å². The number of amides is 1. The molecule has 7 heteroatoms. The van der Waals surface area contributed by atoms with Crippen molar-refractivity contribution in [1.29, 1.82) is 0 Å². The topological polar surface area (TPSA) is 85.3 Å². The van der Waals surface area contributed by atoms with E-state index in [0.29, 0.717) is 23.0 Å². The first-order valence-corrected chi connectivity index (χ1v) is 9.62. The highest BCUT2D eigenvalue weighted by Crippen LogP contribution is 2.31. The predicted octanol–water partition coefficient (Wildman–Crippen LogP) is 3.87. The maximum absolute atomic E-state index is 12.8. The van der Waals surface area contributed by atoms with Gasteiger partial charge in [-0.1, -0.05) is 24.4 Å². The first-order valence-electron chi connectivity index (χ1n) is 9.62.